The summed E-state index contributed by atoms with van der Waals surface area (Å²) in [5.74, 6) is -1.63. The second-order valence-corrected chi connectivity index (χ2v) is 10.1. The van der Waals surface area contributed by atoms with Crippen molar-refractivity contribution in [3.63, 3.8) is 0 Å². The third kappa shape index (κ3) is 13.6. The molecular formula is C29H51NO8. The molecule has 0 aromatic carbocycles. The van der Waals surface area contributed by atoms with Crippen LogP contribution < -0.4 is 0 Å². The molecule has 0 radical (unpaired) electrons. The predicted octanol–water partition coefficient (Wildman–Crippen LogP) is 5.12. The highest BCUT2D eigenvalue weighted by Gasteiger charge is 2.35. The second-order valence-electron chi connectivity index (χ2n) is 10.1. The lowest BCUT2D eigenvalue weighted by Gasteiger charge is -2.35. The quantitative estimate of drug-likeness (QED) is 0.163. The van der Waals surface area contributed by atoms with E-state index in [9.17, 15) is 19.2 Å². The molecule has 0 bridgehead atoms. The van der Waals surface area contributed by atoms with Crippen molar-refractivity contribution in [2.45, 2.75) is 142 Å². The van der Waals surface area contributed by atoms with Crippen LogP contribution in [0.25, 0.3) is 0 Å². The molecule has 0 aliphatic carbocycles. The molecule has 0 saturated carbocycles. The molecule has 1 fully saturated rings. The molecular weight excluding hydrogens is 490 g/mol. The molecule has 4 atom stereocenters. The normalized spacial score (nSPS) is 18.2. The standard InChI is InChI=1S/C29H51NO8/c1-6-13-25(31)35-21-18-24(37-26(32)14-7-2)29(38-27(33)15-8-3)22(5)36-28(34)17-12-20-30-19-11-10-16-23(30)9-4/h22-24,29H,6-21H2,1-5H3/t22-,23?,24+,29+/m0/s1. The van der Waals surface area contributed by atoms with Crippen molar-refractivity contribution < 1.29 is 38.1 Å². The van der Waals surface area contributed by atoms with Crippen LogP contribution >= 0.6 is 0 Å². The van der Waals surface area contributed by atoms with Gasteiger partial charge in [-0.1, -0.05) is 34.1 Å². The lowest BCUT2D eigenvalue weighted by Crippen LogP contribution is -2.45. The first-order valence-corrected chi connectivity index (χ1v) is 14.7. The Morgan fingerprint density at radius 1 is 0.789 bits per heavy atom. The van der Waals surface area contributed by atoms with Crippen LogP contribution in [0.15, 0.2) is 0 Å². The van der Waals surface area contributed by atoms with E-state index >= 15 is 0 Å². The minimum atomic E-state index is -1.00. The van der Waals surface area contributed by atoms with Crippen molar-refractivity contribution in [2.75, 3.05) is 19.7 Å². The van der Waals surface area contributed by atoms with Gasteiger partial charge in [-0.05, 0) is 65.0 Å². The number of nitrogens with zero attached hydrogens (tertiary/aromatic N) is 1. The van der Waals surface area contributed by atoms with Gasteiger partial charge >= 0.3 is 23.9 Å². The molecule has 1 aliphatic heterocycles. The van der Waals surface area contributed by atoms with E-state index in [1.807, 2.05) is 20.8 Å². The molecule has 1 saturated heterocycles. The fraction of sp³-hybridized carbons (Fsp3) is 0.862. The van der Waals surface area contributed by atoms with E-state index < -0.39 is 30.3 Å². The number of ether oxygens (including phenoxy) is 4. The van der Waals surface area contributed by atoms with E-state index in [-0.39, 0.29) is 44.2 Å². The topological polar surface area (TPSA) is 108 Å². The zero-order valence-electron chi connectivity index (χ0n) is 24.3. The van der Waals surface area contributed by atoms with Crippen molar-refractivity contribution in [3.05, 3.63) is 0 Å². The smallest absolute Gasteiger partial charge is 0.306 e. The molecule has 9 heteroatoms. The fourth-order valence-electron chi connectivity index (χ4n) is 4.75. The summed E-state index contributed by atoms with van der Waals surface area (Å²) in [7, 11) is 0. The van der Waals surface area contributed by atoms with Gasteiger partial charge in [-0.25, -0.2) is 0 Å². The monoisotopic (exact) mass is 541 g/mol. The van der Waals surface area contributed by atoms with Crippen molar-refractivity contribution in [1.29, 1.82) is 0 Å². The minimum Gasteiger partial charge on any atom is -0.466 e. The Kier molecular flexibility index (Phi) is 17.7. The van der Waals surface area contributed by atoms with Crippen molar-refractivity contribution in [3.8, 4) is 0 Å². The van der Waals surface area contributed by atoms with Crippen LogP contribution in [-0.4, -0.2) is 72.8 Å². The van der Waals surface area contributed by atoms with Crippen LogP contribution in [0.4, 0.5) is 0 Å². The molecule has 0 aromatic rings. The number of esters is 4. The molecule has 1 unspecified atom stereocenters. The summed E-state index contributed by atoms with van der Waals surface area (Å²) < 4.78 is 22.3. The average molecular weight is 542 g/mol. The highest BCUT2D eigenvalue weighted by Crippen LogP contribution is 2.21. The SMILES string of the molecule is CCCC(=O)OCC[C@@H](OC(=O)CCC)[C@H](OC(=O)CCC)[C@H](C)OC(=O)CCCN1CCCCC1CC. The van der Waals surface area contributed by atoms with Crippen LogP contribution in [0.1, 0.15) is 118 Å². The number of likely N-dealkylation sites (tertiary alicyclic amines) is 1. The first-order chi connectivity index (χ1) is 18.2. The first-order valence-electron chi connectivity index (χ1n) is 14.7. The Hall–Kier alpha value is -2.16. The van der Waals surface area contributed by atoms with Gasteiger partial charge in [0.1, 0.15) is 12.2 Å². The highest BCUT2D eigenvalue weighted by molar-refractivity contribution is 5.71. The minimum absolute atomic E-state index is 0.000169. The van der Waals surface area contributed by atoms with E-state index in [0.717, 1.165) is 19.5 Å². The van der Waals surface area contributed by atoms with Crippen molar-refractivity contribution in [1.82, 2.24) is 4.90 Å². The van der Waals surface area contributed by atoms with Crippen LogP contribution in [-0.2, 0) is 38.1 Å². The maximum Gasteiger partial charge on any atom is 0.306 e. The molecule has 1 rings (SSSR count). The highest BCUT2D eigenvalue weighted by atomic mass is 16.6. The summed E-state index contributed by atoms with van der Waals surface area (Å²) in [4.78, 5) is 51.8. The van der Waals surface area contributed by atoms with Gasteiger partial charge in [-0.15, -0.1) is 0 Å². The van der Waals surface area contributed by atoms with Gasteiger partial charge in [-0.2, -0.15) is 0 Å². The Morgan fingerprint density at radius 3 is 2.03 bits per heavy atom. The van der Waals surface area contributed by atoms with Crippen LogP contribution in [0.3, 0.4) is 0 Å². The largest absolute Gasteiger partial charge is 0.466 e. The van der Waals surface area contributed by atoms with Gasteiger partial charge < -0.3 is 23.8 Å². The number of hydrogen-bond donors (Lipinski definition) is 0. The second kappa shape index (κ2) is 19.8. The maximum absolute atomic E-state index is 12.7. The van der Waals surface area contributed by atoms with E-state index in [1.54, 1.807) is 6.92 Å². The Morgan fingerprint density at radius 2 is 1.39 bits per heavy atom. The number of rotatable bonds is 19. The van der Waals surface area contributed by atoms with E-state index in [2.05, 4.69) is 11.8 Å². The zero-order chi connectivity index (χ0) is 28.3. The fourth-order valence-corrected chi connectivity index (χ4v) is 4.75. The molecule has 9 nitrogen and oxygen atoms in total. The van der Waals surface area contributed by atoms with Gasteiger partial charge in [0.05, 0.1) is 6.61 Å². The number of hydrogen-bond acceptors (Lipinski definition) is 9. The molecule has 1 aliphatic rings. The van der Waals surface area contributed by atoms with Gasteiger partial charge in [0.2, 0.25) is 0 Å². The maximum atomic E-state index is 12.7. The molecule has 220 valence electrons. The van der Waals surface area contributed by atoms with Crippen molar-refractivity contribution in [2.24, 2.45) is 0 Å². The Labute approximate surface area is 229 Å². The van der Waals surface area contributed by atoms with E-state index in [4.69, 9.17) is 18.9 Å². The lowest BCUT2D eigenvalue weighted by molar-refractivity contribution is -0.186. The average Bonchev–Trinajstić information content (AvgIpc) is 2.87. The van der Waals surface area contributed by atoms with Crippen molar-refractivity contribution >= 4 is 23.9 Å². The van der Waals surface area contributed by atoms with Crippen LogP contribution in [0, 0.1) is 0 Å². The molecule has 0 aromatic heterocycles. The zero-order valence-corrected chi connectivity index (χ0v) is 24.3. The summed E-state index contributed by atoms with van der Waals surface area (Å²) in [6.45, 7) is 11.3. The third-order valence-corrected chi connectivity index (χ3v) is 6.77. The predicted molar refractivity (Wildman–Crippen MR) is 144 cm³/mol. The Bertz CT molecular complexity index is 713. The van der Waals surface area contributed by atoms with Gasteiger partial charge in [-0.3, -0.25) is 19.2 Å². The molecule has 0 amide bonds. The summed E-state index contributed by atoms with van der Waals surface area (Å²) >= 11 is 0. The summed E-state index contributed by atoms with van der Waals surface area (Å²) in [5, 5.41) is 0. The molecule has 1 heterocycles. The van der Waals surface area contributed by atoms with E-state index in [1.165, 1.54) is 19.3 Å². The summed E-state index contributed by atoms with van der Waals surface area (Å²) in [6, 6.07) is 0.575. The molecule has 0 spiro atoms. The number of carbonyl (C=O) groups is 4. The van der Waals surface area contributed by atoms with Crippen LogP contribution in [0.5, 0.6) is 0 Å². The van der Waals surface area contributed by atoms with Gasteiger partial charge in [0.25, 0.3) is 0 Å². The van der Waals surface area contributed by atoms with Gasteiger partial charge in [0.15, 0.2) is 6.10 Å². The van der Waals surface area contributed by atoms with Gasteiger partial charge in [0, 0.05) is 38.1 Å². The molecule has 0 N–H and O–H groups in total. The van der Waals surface area contributed by atoms with E-state index in [0.29, 0.717) is 38.1 Å². The van der Waals surface area contributed by atoms with Crippen LogP contribution in [0.2, 0.25) is 0 Å². The Balaban J connectivity index is 2.85. The summed E-state index contributed by atoms with van der Waals surface area (Å²) in [6.07, 6.45) is 5.59. The number of carbonyl (C=O) groups excluding carboxylic acids is 4. The first kappa shape index (κ1) is 33.9. The lowest BCUT2D eigenvalue weighted by atomic mass is 10.00. The molecule has 38 heavy (non-hydrogen) atoms. The third-order valence-electron chi connectivity index (χ3n) is 6.77. The summed E-state index contributed by atoms with van der Waals surface area (Å²) in [5.41, 5.74) is 0. The number of piperidine rings is 1.